The number of aromatic nitrogens is 1. The largest absolute Gasteiger partial charge is 0.422 e. The molecule has 0 unspecified atom stereocenters. The molecular weight excluding hydrogens is 206 g/mol. The fraction of sp³-hybridized carbons (Fsp3) is 0.333. The second kappa shape index (κ2) is 3.96. The summed E-state index contributed by atoms with van der Waals surface area (Å²) >= 11 is 0. The van der Waals surface area contributed by atoms with E-state index in [1.807, 2.05) is 13.8 Å². The molecule has 0 aliphatic rings. The van der Waals surface area contributed by atoms with Crippen LogP contribution in [0.4, 0.5) is 0 Å². The van der Waals surface area contributed by atoms with E-state index in [-0.39, 0.29) is 0 Å². The van der Waals surface area contributed by atoms with Crippen molar-refractivity contribution in [3.63, 3.8) is 0 Å². The van der Waals surface area contributed by atoms with Gasteiger partial charge in [0.25, 0.3) is 0 Å². The third kappa shape index (κ3) is 1.78. The SMILES string of the molecule is CC(C)Cn1c(=O)oc(=O)c2ccccc21. The van der Waals surface area contributed by atoms with Crippen molar-refractivity contribution < 1.29 is 4.42 Å². The van der Waals surface area contributed by atoms with E-state index in [9.17, 15) is 9.59 Å². The minimum atomic E-state index is -0.586. The molecule has 0 spiro atoms. The van der Waals surface area contributed by atoms with E-state index >= 15 is 0 Å². The van der Waals surface area contributed by atoms with Gasteiger partial charge in [-0.15, -0.1) is 0 Å². The van der Waals surface area contributed by atoms with Crippen molar-refractivity contribution in [3.8, 4) is 0 Å². The van der Waals surface area contributed by atoms with Crippen LogP contribution in [-0.4, -0.2) is 4.57 Å². The van der Waals surface area contributed by atoms with Crippen molar-refractivity contribution in [3.05, 3.63) is 45.2 Å². The highest BCUT2D eigenvalue weighted by atomic mass is 16.4. The number of nitrogens with zero attached hydrogens (tertiary/aromatic N) is 1. The number of hydrogen-bond acceptors (Lipinski definition) is 3. The van der Waals surface area contributed by atoms with Gasteiger partial charge in [0.05, 0.1) is 10.9 Å². The molecule has 1 aromatic heterocycles. The first-order valence-corrected chi connectivity index (χ1v) is 5.22. The number of benzene rings is 1. The zero-order valence-electron chi connectivity index (χ0n) is 9.27. The maximum atomic E-state index is 11.6. The van der Waals surface area contributed by atoms with Crippen LogP contribution in [-0.2, 0) is 6.54 Å². The average molecular weight is 219 g/mol. The first-order valence-electron chi connectivity index (χ1n) is 5.22. The summed E-state index contributed by atoms with van der Waals surface area (Å²) in [7, 11) is 0. The molecule has 0 N–H and O–H groups in total. The Kier molecular flexibility index (Phi) is 2.64. The molecule has 1 aromatic carbocycles. The Morgan fingerprint density at radius 1 is 1.25 bits per heavy atom. The molecule has 0 radical (unpaired) electrons. The van der Waals surface area contributed by atoms with E-state index < -0.39 is 11.4 Å². The highest BCUT2D eigenvalue weighted by Gasteiger charge is 2.09. The second-order valence-electron chi connectivity index (χ2n) is 4.18. The third-order valence-electron chi connectivity index (χ3n) is 2.36. The zero-order chi connectivity index (χ0) is 11.7. The van der Waals surface area contributed by atoms with E-state index in [1.165, 1.54) is 4.57 Å². The molecule has 0 aliphatic heterocycles. The third-order valence-corrected chi connectivity index (χ3v) is 2.36. The molecule has 2 rings (SSSR count). The molecule has 0 atom stereocenters. The normalized spacial score (nSPS) is 11.2. The fourth-order valence-corrected chi connectivity index (χ4v) is 1.71. The molecule has 0 aliphatic carbocycles. The van der Waals surface area contributed by atoms with Crippen molar-refractivity contribution >= 4 is 10.9 Å². The van der Waals surface area contributed by atoms with Gasteiger partial charge in [-0.25, -0.2) is 9.59 Å². The number of fused-ring (bicyclic) bond motifs is 1. The summed E-state index contributed by atoms with van der Waals surface area (Å²) in [5.74, 6) is -0.272. The second-order valence-corrected chi connectivity index (χ2v) is 4.18. The molecule has 4 nitrogen and oxygen atoms in total. The number of para-hydroxylation sites is 1. The van der Waals surface area contributed by atoms with Gasteiger partial charge >= 0.3 is 11.4 Å². The molecule has 16 heavy (non-hydrogen) atoms. The van der Waals surface area contributed by atoms with Crippen molar-refractivity contribution in [1.29, 1.82) is 0 Å². The quantitative estimate of drug-likeness (QED) is 0.771. The van der Waals surface area contributed by atoms with Crippen LogP contribution in [0.5, 0.6) is 0 Å². The van der Waals surface area contributed by atoms with Gasteiger partial charge in [0.2, 0.25) is 0 Å². The van der Waals surface area contributed by atoms with Crippen molar-refractivity contribution in [2.75, 3.05) is 0 Å². The Hall–Kier alpha value is -1.84. The average Bonchev–Trinajstić information content (AvgIpc) is 2.24. The summed E-state index contributed by atoms with van der Waals surface area (Å²) in [6, 6.07) is 6.98. The highest BCUT2D eigenvalue weighted by molar-refractivity contribution is 5.77. The Bertz CT molecular complexity index is 622. The van der Waals surface area contributed by atoms with E-state index in [0.717, 1.165) is 0 Å². The van der Waals surface area contributed by atoms with Gasteiger partial charge in [0, 0.05) is 6.54 Å². The van der Waals surface area contributed by atoms with Crippen LogP contribution in [0.25, 0.3) is 10.9 Å². The van der Waals surface area contributed by atoms with Crippen LogP contribution in [0.15, 0.2) is 38.3 Å². The van der Waals surface area contributed by atoms with E-state index in [0.29, 0.717) is 23.4 Å². The lowest BCUT2D eigenvalue weighted by Gasteiger charge is -2.09. The molecule has 0 saturated heterocycles. The van der Waals surface area contributed by atoms with E-state index in [4.69, 9.17) is 0 Å². The van der Waals surface area contributed by atoms with Gasteiger partial charge in [-0.05, 0) is 18.1 Å². The minimum Gasteiger partial charge on any atom is -0.372 e. The van der Waals surface area contributed by atoms with Crippen LogP contribution in [0, 0.1) is 5.92 Å². The van der Waals surface area contributed by atoms with Gasteiger partial charge in [0.15, 0.2) is 0 Å². The molecule has 0 fully saturated rings. The van der Waals surface area contributed by atoms with Crippen molar-refractivity contribution in [2.24, 2.45) is 5.92 Å². The maximum absolute atomic E-state index is 11.6. The standard InChI is InChI=1S/C12H13NO3/c1-8(2)7-13-10-6-4-3-5-9(10)11(14)16-12(13)15/h3-6,8H,7H2,1-2H3. The maximum Gasteiger partial charge on any atom is 0.422 e. The Morgan fingerprint density at radius 2 is 1.94 bits per heavy atom. The highest BCUT2D eigenvalue weighted by Crippen LogP contribution is 2.09. The van der Waals surface area contributed by atoms with Gasteiger partial charge in [-0.1, -0.05) is 26.0 Å². The number of rotatable bonds is 2. The Labute approximate surface area is 92.1 Å². The molecule has 1 heterocycles. The van der Waals surface area contributed by atoms with Crippen LogP contribution >= 0.6 is 0 Å². The van der Waals surface area contributed by atoms with Crippen LogP contribution in [0.1, 0.15) is 13.8 Å². The van der Waals surface area contributed by atoms with Gasteiger partial charge in [0.1, 0.15) is 0 Å². The van der Waals surface area contributed by atoms with Crippen LogP contribution in [0.3, 0.4) is 0 Å². The van der Waals surface area contributed by atoms with Gasteiger partial charge < -0.3 is 4.42 Å². The summed E-state index contributed by atoms with van der Waals surface area (Å²) in [5, 5.41) is 0.447. The smallest absolute Gasteiger partial charge is 0.372 e. The molecular formula is C12H13NO3. The molecule has 2 aromatic rings. The molecule has 0 bridgehead atoms. The Morgan fingerprint density at radius 3 is 2.62 bits per heavy atom. The first kappa shape index (κ1) is 10.7. The predicted octanol–water partition coefficient (Wildman–Crippen LogP) is 1.61. The Balaban J connectivity index is 2.82. The molecule has 84 valence electrons. The van der Waals surface area contributed by atoms with Crippen molar-refractivity contribution in [1.82, 2.24) is 4.57 Å². The number of hydrogen-bond donors (Lipinski definition) is 0. The fourth-order valence-electron chi connectivity index (χ4n) is 1.71. The van der Waals surface area contributed by atoms with Crippen LogP contribution in [0.2, 0.25) is 0 Å². The van der Waals surface area contributed by atoms with E-state index in [1.54, 1.807) is 24.3 Å². The predicted molar refractivity (Wildman–Crippen MR) is 61.6 cm³/mol. The monoisotopic (exact) mass is 219 g/mol. The molecule has 4 heteroatoms. The van der Waals surface area contributed by atoms with E-state index in [2.05, 4.69) is 4.42 Å². The summed E-state index contributed by atoms with van der Waals surface area (Å²) in [6.45, 7) is 4.56. The lowest BCUT2D eigenvalue weighted by atomic mass is 10.2. The van der Waals surface area contributed by atoms with Gasteiger partial charge in [-0.2, -0.15) is 0 Å². The first-order chi connectivity index (χ1) is 7.59. The zero-order valence-corrected chi connectivity index (χ0v) is 9.27. The molecule has 0 amide bonds. The lowest BCUT2D eigenvalue weighted by Crippen LogP contribution is -2.26. The van der Waals surface area contributed by atoms with Gasteiger partial charge in [-0.3, -0.25) is 4.57 Å². The van der Waals surface area contributed by atoms with Crippen molar-refractivity contribution in [2.45, 2.75) is 20.4 Å². The lowest BCUT2D eigenvalue weighted by molar-refractivity contribution is 0.393. The minimum absolute atomic E-state index is 0.314. The summed E-state index contributed by atoms with van der Waals surface area (Å²) < 4.78 is 6.18. The summed E-state index contributed by atoms with van der Waals surface area (Å²) in [6.07, 6.45) is 0. The summed E-state index contributed by atoms with van der Waals surface area (Å²) in [5.41, 5.74) is 0.0676. The molecule has 0 saturated carbocycles. The summed E-state index contributed by atoms with van der Waals surface area (Å²) in [4.78, 5) is 23.0. The topological polar surface area (TPSA) is 52.2 Å². The van der Waals surface area contributed by atoms with Crippen LogP contribution < -0.4 is 11.4 Å².